The minimum Gasteiger partial charge on any atom is -0.482 e. The molecule has 1 amide bonds. The summed E-state index contributed by atoms with van der Waals surface area (Å²) in [6, 6.07) is 11.3. The number of anilines is 1. The van der Waals surface area contributed by atoms with Crippen molar-refractivity contribution in [2.75, 3.05) is 25.0 Å². The van der Waals surface area contributed by atoms with Crippen LogP contribution in [0.4, 0.5) is 5.69 Å². The van der Waals surface area contributed by atoms with E-state index in [0.29, 0.717) is 6.54 Å². The molecule has 2 N–H and O–H groups in total. The number of halogens is 1. The molecule has 0 bridgehead atoms. The van der Waals surface area contributed by atoms with Crippen molar-refractivity contribution in [2.24, 2.45) is 0 Å². The molecule has 2 heterocycles. The number of fused-ring (bicyclic) bond motifs is 1. The lowest BCUT2D eigenvalue weighted by molar-refractivity contribution is -0.114. The number of carbonyl (C=O) groups excluding carboxylic acids is 1. The van der Waals surface area contributed by atoms with Crippen LogP contribution in [0.1, 0.15) is 42.6 Å². The SMILES string of the molecule is CC(=O)Nc1ccc([C@H](O)CN2CCC3(C=Cc4cc(Cl)c(C)cc4O3)CC2)cc1. The van der Waals surface area contributed by atoms with Crippen molar-refractivity contribution in [2.45, 2.75) is 38.4 Å². The molecule has 1 saturated heterocycles. The van der Waals surface area contributed by atoms with Crippen molar-refractivity contribution >= 4 is 29.3 Å². The summed E-state index contributed by atoms with van der Waals surface area (Å²) >= 11 is 6.23. The van der Waals surface area contributed by atoms with Gasteiger partial charge in [-0.05, 0) is 48.4 Å². The zero-order chi connectivity index (χ0) is 21.3. The van der Waals surface area contributed by atoms with Crippen LogP contribution in [0.3, 0.4) is 0 Å². The number of likely N-dealkylation sites (tertiary alicyclic amines) is 1. The predicted molar refractivity (Wildman–Crippen MR) is 120 cm³/mol. The van der Waals surface area contributed by atoms with Crippen LogP contribution in [0.2, 0.25) is 5.02 Å². The summed E-state index contributed by atoms with van der Waals surface area (Å²) in [4.78, 5) is 13.4. The van der Waals surface area contributed by atoms with Crippen molar-refractivity contribution in [3.63, 3.8) is 0 Å². The van der Waals surface area contributed by atoms with Crippen LogP contribution in [0.15, 0.2) is 42.5 Å². The summed E-state index contributed by atoms with van der Waals surface area (Å²) in [6.07, 6.45) is 5.46. The minimum atomic E-state index is -0.571. The number of amides is 1. The first-order valence-corrected chi connectivity index (χ1v) is 10.7. The maximum Gasteiger partial charge on any atom is 0.221 e. The maximum absolute atomic E-state index is 11.1. The third-order valence-electron chi connectivity index (χ3n) is 5.92. The van der Waals surface area contributed by atoms with Crippen molar-refractivity contribution in [1.82, 2.24) is 4.90 Å². The van der Waals surface area contributed by atoms with E-state index in [1.807, 2.05) is 43.3 Å². The van der Waals surface area contributed by atoms with Crippen molar-refractivity contribution < 1.29 is 14.6 Å². The van der Waals surface area contributed by atoms with Gasteiger partial charge in [-0.3, -0.25) is 4.79 Å². The van der Waals surface area contributed by atoms with Gasteiger partial charge in [-0.2, -0.15) is 0 Å². The number of carbonyl (C=O) groups is 1. The largest absolute Gasteiger partial charge is 0.482 e. The van der Waals surface area contributed by atoms with E-state index in [2.05, 4.69) is 22.4 Å². The molecule has 1 fully saturated rings. The van der Waals surface area contributed by atoms with Gasteiger partial charge in [0.15, 0.2) is 0 Å². The summed E-state index contributed by atoms with van der Waals surface area (Å²) in [5.74, 6) is 0.789. The van der Waals surface area contributed by atoms with Gasteiger partial charge in [0.2, 0.25) is 5.91 Å². The summed E-state index contributed by atoms with van der Waals surface area (Å²) in [5, 5.41) is 14.1. The van der Waals surface area contributed by atoms with E-state index < -0.39 is 6.10 Å². The second-order valence-corrected chi connectivity index (χ2v) is 8.67. The molecule has 2 aliphatic rings. The lowest BCUT2D eigenvalue weighted by Gasteiger charge is -2.42. The molecule has 0 unspecified atom stereocenters. The number of hydrogen-bond donors (Lipinski definition) is 2. The second kappa shape index (κ2) is 8.42. The number of nitrogens with one attached hydrogen (secondary N) is 1. The number of piperidine rings is 1. The molecule has 2 aliphatic heterocycles. The highest BCUT2D eigenvalue weighted by Gasteiger charge is 2.37. The molecule has 2 aromatic rings. The number of aryl methyl sites for hydroxylation is 1. The Morgan fingerprint density at radius 2 is 1.97 bits per heavy atom. The molecule has 4 rings (SSSR count). The Bertz CT molecular complexity index is 963. The van der Waals surface area contributed by atoms with Gasteiger partial charge in [0.25, 0.3) is 0 Å². The molecule has 0 aliphatic carbocycles. The van der Waals surface area contributed by atoms with Gasteiger partial charge < -0.3 is 20.1 Å². The van der Waals surface area contributed by atoms with E-state index in [1.54, 1.807) is 0 Å². The zero-order valence-electron chi connectivity index (χ0n) is 17.3. The molecule has 0 radical (unpaired) electrons. The number of hydrogen-bond acceptors (Lipinski definition) is 4. The number of rotatable bonds is 4. The molecule has 0 aromatic heterocycles. The number of β-amino-alcohol motifs (C(OH)–C–C–N with tert-alkyl or cyclic N) is 1. The summed E-state index contributed by atoms with van der Waals surface area (Å²) in [5.41, 5.74) is 3.34. The third kappa shape index (κ3) is 4.53. The normalized spacial score (nSPS) is 18.5. The highest BCUT2D eigenvalue weighted by Crippen LogP contribution is 2.39. The fourth-order valence-electron chi connectivity index (χ4n) is 4.11. The van der Waals surface area contributed by atoms with Crippen LogP contribution in [0.5, 0.6) is 5.75 Å². The average Bonchev–Trinajstić information content (AvgIpc) is 2.71. The number of aliphatic hydroxyl groups is 1. The Hall–Kier alpha value is -2.34. The van der Waals surface area contributed by atoms with Gasteiger partial charge in [0.1, 0.15) is 11.4 Å². The van der Waals surface area contributed by atoms with E-state index in [4.69, 9.17) is 16.3 Å². The molecule has 1 spiro atoms. The van der Waals surface area contributed by atoms with Crippen molar-refractivity contribution in [3.05, 3.63) is 64.2 Å². The number of aliphatic hydroxyl groups excluding tert-OH is 1. The van der Waals surface area contributed by atoms with Crippen LogP contribution >= 0.6 is 11.6 Å². The Morgan fingerprint density at radius 3 is 2.63 bits per heavy atom. The van der Waals surface area contributed by atoms with E-state index in [0.717, 1.165) is 59.1 Å². The molecule has 158 valence electrons. The monoisotopic (exact) mass is 426 g/mol. The number of nitrogens with zero attached hydrogens (tertiary/aromatic N) is 1. The second-order valence-electron chi connectivity index (χ2n) is 8.26. The fourth-order valence-corrected chi connectivity index (χ4v) is 4.28. The molecular weight excluding hydrogens is 400 g/mol. The predicted octanol–water partition coefficient (Wildman–Crippen LogP) is 4.58. The van der Waals surface area contributed by atoms with Crippen LogP contribution in [-0.4, -0.2) is 41.1 Å². The Morgan fingerprint density at radius 1 is 1.27 bits per heavy atom. The fraction of sp³-hybridized carbons (Fsp3) is 0.375. The Balaban J connectivity index is 1.35. The lowest BCUT2D eigenvalue weighted by atomic mass is 9.87. The molecule has 0 saturated carbocycles. The van der Waals surface area contributed by atoms with Gasteiger partial charge in [-0.25, -0.2) is 0 Å². The van der Waals surface area contributed by atoms with Crippen LogP contribution in [0, 0.1) is 6.92 Å². The third-order valence-corrected chi connectivity index (χ3v) is 6.33. The summed E-state index contributed by atoms with van der Waals surface area (Å²) in [7, 11) is 0. The van der Waals surface area contributed by atoms with Gasteiger partial charge in [-0.15, -0.1) is 0 Å². The Kier molecular flexibility index (Phi) is 5.87. The standard InChI is InChI=1S/C24H27ClN2O3/c1-16-13-23-19(14-21(16)25)7-8-24(30-23)9-11-27(12-10-24)15-22(29)18-3-5-20(6-4-18)26-17(2)28/h3-8,13-14,22,29H,9-12,15H2,1-2H3,(H,26,28)/t22-/m1/s1. The number of ether oxygens (including phenoxy) is 1. The summed E-state index contributed by atoms with van der Waals surface area (Å²) in [6.45, 7) is 5.75. The molecule has 2 aromatic carbocycles. The van der Waals surface area contributed by atoms with E-state index >= 15 is 0 Å². The molecule has 6 heteroatoms. The van der Waals surface area contributed by atoms with Gasteiger partial charge in [0, 0.05) is 55.7 Å². The van der Waals surface area contributed by atoms with E-state index in [9.17, 15) is 9.90 Å². The van der Waals surface area contributed by atoms with Gasteiger partial charge in [0.05, 0.1) is 6.10 Å². The highest BCUT2D eigenvalue weighted by molar-refractivity contribution is 6.31. The average molecular weight is 427 g/mol. The first kappa shape index (κ1) is 20.9. The smallest absolute Gasteiger partial charge is 0.221 e. The van der Waals surface area contributed by atoms with Crippen molar-refractivity contribution in [1.29, 1.82) is 0 Å². The van der Waals surface area contributed by atoms with Crippen LogP contribution < -0.4 is 10.1 Å². The van der Waals surface area contributed by atoms with Crippen LogP contribution in [-0.2, 0) is 4.79 Å². The summed E-state index contributed by atoms with van der Waals surface area (Å²) < 4.78 is 6.41. The number of benzene rings is 2. The molecule has 1 atom stereocenters. The lowest BCUT2D eigenvalue weighted by Crippen LogP contribution is -2.48. The topological polar surface area (TPSA) is 61.8 Å². The van der Waals surface area contributed by atoms with Gasteiger partial charge >= 0.3 is 0 Å². The molecular formula is C24H27ClN2O3. The zero-order valence-corrected chi connectivity index (χ0v) is 18.1. The molecule has 5 nitrogen and oxygen atoms in total. The molecule has 30 heavy (non-hydrogen) atoms. The van der Waals surface area contributed by atoms with Crippen LogP contribution in [0.25, 0.3) is 6.08 Å². The maximum atomic E-state index is 11.1. The van der Waals surface area contributed by atoms with E-state index in [-0.39, 0.29) is 11.5 Å². The minimum absolute atomic E-state index is 0.106. The van der Waals surface area contributed by atoms with E-state index in [1.165, 1.54) is 6.92 Å². The highest BCUT2D eigenvalue weighted by atomic mass is 35.5. The quantitative estimate of drug-likeness (QED) is 0.751. The first-order chi connectivity index (χ1) is 14.3. The van der Waals surface area contributed by atoms with Gasteiger partial charge in [-0.1, -0.05) is 29.8 Å². The van der Waals surface area contributed by atoms with Crippen molar-refractivity contribution in [3.8, 4) is 5.75 Å². The first-order valence-electron chi connectivity index (χ1n) is 10.3. The Labute approximate surface area is 182 Å².